The van der Waals surface area contributed by atoms with Crippen LogP contribution in [-0.4, -0.2) is 58.9 Å². The van der Waals surface area contributed by atoms with Crippen molar-refractivity contribution in [1.29, 1.82) is 0 Å². The molecule has 0 radical (unpaired) electrons. The Morgan fingerprint density at radius 3 is 2.00 bits per heavy atom. The lowest BCUT2D eigenvalue weighted by atomic mass is 9.82. The van der Waals surface area contributed by atoms with E-state index in [4.69, 9.17) is 0 Å². The predicted molar refractivity (Wildman–Crippen MR) is 74.2 cm³/mol. The highest BCUT2D eigenvalue weighted by Crippen LogP contribution is 2.48. The van der Waals surface area contributed by atoms with Crippen molar-refractivity contribution in [2.75, 3.05) is 26.2 Å². The van der Waals surface area contributed by atoms with Crippen LogP contribution in [0.4, 0.5) is 0 Å². The second-order valence-electron chi connectivity index (χ2n) is 6.17. The topological polar surface area (TPSA) is 77.9 Å². The lowest BCUT2D eigenvalue weighted by Crippen LogP contribution is -2.53. The number of hydrogen-bond acceptors (Lipinski definition) is 3. The van der Waals surface area contributed by atoms with Crippen molar-refractivity contribution >= 4 is 17.8 Å². The van der Waals surface area contributed by atoms with E-state index in [1.807, 2.05) is 12.2 Å². The minimum atomic E-state index is -0.868. The SMILES string of the molecule is CC(=O)N1CCN(C(=O)[C@H]2C3C=CC(C3)[C@H]2C(=O)O)CC1. The van der Waals surface area contributed by atoms with Crippen molar-refractivity contribution in [2.24, 2.45) is 23.7 Å². The zero-order valence-corrected chi connectivity index (χ0v) is 12.1. The van der Waals surface area contributed by atoms with Crippen LogP contribution in [0.5, 0.6) is 0 Å². The van der Waals surface area contributed by atoms with Gasteiger partial charge in [-0.2, -0.15) is 0 Å². The minimum Gasteiger partial charge on any atom is -0.481 e. The van der Waals surface area contributed by atoms with Crippen LogP contribution in [0.1, 0.15) is 13.3 Å². The number of rotatable bonds is 2. The summed E-state index contributed by atoms with van der Waals surface area (Å²) in [5, 5.41) is 9.41. The number of piperazine rings is 1. The largest absolute Gasteiger partial charge is 0.481 e. The van der Waals surface area contributed by atoms with Gasteiger partial charge in [0.05, 0.1) is 11.8 Å². The molecule has 3 aliphatic rings. The van der Waals surface area contributed by atoms with Crippen LogP contribution in [0.15, 0.2) is 12.2 Å². The van der Waals surface area contributed by atoms with Crippen molar-refractivity contribution in [3.05, 3.63) is 12.2 Å². The number of amides is 2. The molecular weight excluding hydrogens is 272 g/mol. The van der Waals surface area contributed by atoms with Gasteiger partial charge in [-0.25, -0.2) is 0 Å². The van der Waals surface area contributed by atoms with Crippen LogP contribution in [0.25, 0.3) is 0 Å². The summed E-state index contributed by atoms with van der Waals surface area (Å²) >= 11 is 0. The zero-order valence-electron chi connectivity index (χ0n) is 12.1. The highest BCUT2D eigenvalue weighted by molar-refractivity contribution is 5.87. The molecule has 2 fully saturated rings. The third kappa shape index (κ3) is 2.32. The molecule has 1 aliphatic heterocycles. The van der Waals surface area contributed by atoms with Crippen molar-refractivity contribution in [3.8, 4) is 0 Å². The van der Waals surface area contributed by atoms with Crippen LogP contribution in [0, 0.1) is 23.7 Å². The number of fused-ring (bicyclic) bond motifs is 2. The van der Waals surface area contributed by atoms with Crippen LogP contribution < -0.4 is 0 Å². The van der Waals surface area contributed by atoms with E-state index >= 15 is 0 Å². The standard InChI is InChI=1S/C15H20N2O4/c1-9(18)16-4-6-17(7-5-16)14(19)12-10-2-3-11(8-10)13(12)15(20)21/h2-3,10-13H,4-8H2,1H3,(H,20,21)/t10?,11?,12-,13+/m0/s1. The van der Waals surface area contributed by atoms with E-state index in [1.165, 1.54) is 6.92 Å². The van der Waals surface area contributed by atoms with E-state index in [-0.39, 0.29) is 23.7 Å². The monoisotopic (exact) mass is 292 g/mol. The molecule has 0 aromatic rings. The summed E-state index contributed by atoms with van der Waals surface area (Å²) in [6, 6.07) is 0. The van der Waals surface area contributed by atoms with Crippen molar-refractivity contribution in [1.82, 2.24) is 9.80 Å². The Hall–Kier alpha value is -1.85. The van der Waals surface area contributed by atoms with Gasteiger partial charge in [-0.1, -0.05) is 12.2 Å². The first-order valence-corrected chi connectivity index (χ1v) is 7.44. The van der Waals surface area contributed by atoms with Gasteiger partial charge in [0.15, 0.2) is 0 Å². The minimum absolute atomic E-state index is 0.0000383. The summed E-state index contributed by atoms with van der Waals surface area (Å²) in [4.78, 5) is 38.9. The quantitative estimate of drug-likeness (QED) is 0.738. The van der Waals surface area contributed by atoms with Gasteiger partial charge in [0.25, 0.3) is 0 Å². The predicted octanol–water partition coefficient (Wildman–Crippen LogP) is 0.200. The van der Waals surface area contributed by atoms with Crippen molar-refractivity contribution in [2.45, 2.75) is 13.3 Å². The molecule has 1 heterocycles. The van der Waals surface area contributed by atoms with E-state index in [2.05, 4.69) is 0 Å². The van der Waals surface area contributed by atoms with Crippen LogP contribution in [-0.2, 0) is 14.4 Å². The zero-order chi connectivity index (χ0) is 15.1. The molecule has 1 saturated carbocycles. The molecule has 4 atom stereocenters. The van der Waals surface area contributed by atoms with Gasteiger partial charge in [-0.05, 0) is 18.3 Å². The normalized spacial score (nSPS) is 34.3. The number of nitrogens with zero attached hydrogens (tertiary/aromatic N) is 2. The maximum absolute atomic E-state index is 12.7. The van der Waals surface area contributed by atoms with Gasteiger partial charge in [0, 0.05) is 33.1 Å². The summed E-state index contributed by atoms with van der Waals surface area (Å²) in [5.74, 6) is -1.85. The van der Waals surface area contributed by atoms with Crippen molar-refractivity contribution < 1.29 is 19.5 Å². The number of carboxylic acid groups (broad SMARTS) is 1. The van der Waals surface area contributed by atoms with Gasteiger partial charge in [0.1, 0.15) is 0 Å². The van der Waals surface area contributed by atoms with Gasteiger partial charge in [-0.15, -0.1) is 0 Å². The maximum Gasteiger partial charge on any atom is 0.307 e. The summed E-state index contributed by atoms with van der Waals surface area (Å²) in [6.07, 6.45) is 4.72. The first kappa shape index (κ1) is 14.1. The Bertz CT molecular complexity index is 508. The molecule has 1 saturated heterocycles. The molecule has 21 heavy (non-hydrogen) atoms. The molecule has 2 unspecified atom stereocenters. The second kappa shape index (κ2) is 5.16. The highest BCUT2D eigenvalue weighted by atomic mass is 16.4. The number of hydrogen-bond donors (Lipinski definition) is 1. The first-order chi connectivity index (χ1) is 9.99. The summed E-state index contributed by atoms with van der Waals surface area (Å²) < 4.78 is 0. The van der Waals surface area contributed by atoms with Crippen molar-refractivity contribution in [3.63, 3.8) is 0 Å². The number of carbonyl (C=O) groups excluding carboxylic acids is 2. The molecule has 2 aliphatic carbocycles. The molecule has 2 bridgehead atoms. The summed E-state index contributed by atoms with van der Waals surface area (Å²) in [6.45, 7) is 3.61. The molecule has 3 rings (SSSR count). The fourth-order valence-electron chi connectivity index (χ4n) is 3.95. The first-order valence-electron chi connectivity index (χ1n) is 7.44. The maximum atomic E-state index is 12.7. The smallest absolute Gasteiger partial charge is 0.307 e. The molecule has 0 aromatic carbocycles. The number of carbonyl (C=O) groups is 3. The fraction of sp³-hybridized carbons (Fsp3) is 0.667. The third-order valence-corrected chi connectivity index (χ3v) is 5.07. The van der Waals surface area contributed by atoms with E-state index in [0.29, 0.717) is 26.2 Å². The average Bonchev–Trinajstić information content (AvgIpc) is 3.07. The van der Waals surface area contributed by atoms with E-state index < -0.39 is 17.8 Å². The van der Waals surface area contributed by atoms with Gasteiger partial charge < -0.3 is 14.9 Å². The highest BCUT2D eigenvalue weighted by Gasteiger charge is 2.52. The van der Waals surface area contributed by atoms with Gasteiger partial charge in [0.2, 0.25) is 11.8 Å². The summed E-state index contributed by atoms with van der Waals surface area (Å²) in [5.41, 5.74) is 0. The lowest BCUT2D eigenvalue weighted by Gasteiger charge is -2.37. The molecule has 0 aromatic heterocycles. The lowest BCUT2D eigenvalue weighted by molar-refractivity contribution is -0.152. The number of carboxylic acids is 1. The van der Waals surface area contributed by atoms with Crippen LogP contribution in [0.2, 0.25) is 0 Å². The number of allylic oxidation sites excluding steroid dienone is 2. The average molecular weight is 292 g/mol. The Labute approximate surface area is 123 Å². The third-order valence-electron chi connectivity index (χ3n) is 5.07. The Balaban J connectivity index is 1.70. The van der Waals surface area contributed by atoms with Gasteiger partial charge >= 0.3 is 5.97 Å². The molecule has 2 amide bonds. The van der Waals surface area contributed by atoms with Gasteiger partial charge in [-0.3, -0.25) is 14.4 Å². The molecular formula is C15H20N2O4. The number of aliphatic carboxylic acids is 1. The van der Waals surface area contributed by atoms with E-state index in [1.54, 1.807) is 9.80 Å². The Morgan fingerprint density at radius 1 is 0.952 bits per heavy atom. The molecule has 6 heteroatoms. The van der Waals surface area contributed by atoms with E-state index in [9.17, 15) is 19.5 Å². The Kier molecular flexibility index (Phi) is 3.47. The molecule has 114 valence electrons. The van der Waals surface area contributed by atoms with Crippen LogP contribution in [0.3, 0.4) is 0 Å². The van der Waals surface area contributed by atoms with E-state index in [0.717, 1.165) is 6.42 Å². The molecule has 1 N–H and O–H groups in total. The summed E-state index contributed by atoms with van der Waals surface area (Å²) in [7, 11) is 0. The fourth-order valence-corrected chi connectivity index (χ4v) is 3.95. The molecule has 6 nitrogen and oxygen atoms in total. The Morgan fingerprint density at radius 2 is 1.48 bits per heavy atom. The molecule has 0 spiro atoms. The second-order valence-corrected chi connectivity index (χ2v) is 6.17. The van der Waals surface area contributed by atoms with Crippen LogP contribution >= 0.6 is 0 Å².